The zero-order valence-electron chi connectivity index (χ0n) is 17.0. The monoisotopic (exact) mass is 397 g/mol. The molecule has 29 heavy (non-hydrogen) atoms. The molecule has 2 aliphatic rings. The summed E-state index contributed by atoms with van der Waals surface area (Å²) in [5.41, 5.74) is 2.41. The van der Waals surface area contributed by atoms with Gasteiger partial charge in [0.25, 0.3) is 5.91 Å². The molecular formula is C22H27N3O4. The maximum Gasteiger partial charge on any atom is 0.253 e. The van der Waals surface area contributed by atoms with Crippen LogP contribution in [-0.2, 0) is 20.7 Å². The highest BCUT2D eigenvalue weighted by molar-refractivity contribution is 5.95. The predicted molar refractivity (Wildman–Crippen MR) is 108 cm³/mol. The van der Waals surface area contributed by atoms with Crippen LogP contribution < -0.4 is 4.90 Å². The fraction of sp³-hybridized carbons (Fsp3) is 0.500. The first-order valence-electron chi connectivity index (χ1n) is 10.2. The van der Waals surface area contributed by atoms with Crippen LogP contribution in [0.5, 0.6) is 0 Å². The molecule has 0 unspecified atom stereocenters. The van der Waals surface area contributed by atoms with Gasteiger partial charge in [-0.05, 0) is 45.2 Å². The van der Waals surface area contributed by atoms with Crippen molar-refractivity contribution in [2.24, 2.45) is 0 Å². The Morgan fingerprint density at radius 2 is 1.90 bits per heavy atom. The highest BCUT2D eigenvalue weighted by atomic mass is 16.5. The number of aryl methyl sites for hydroxylation is 2. The Labute approximate surface area is 170 Å². The van der Waals surface area contributed by atoms with E-state index in [4.69, 9.17) is 9.26 Å². The molecule has 0 radical (unpaired) electrons. The molecule has 4 rings (SSSR count). The van der Waals surface area contributed by atoms with Gasteiger partial charge >= 0.3 is 0 Å². The van der Waals surface area contributed by atoms with Gasteiger partial charge in [-0.2, -0.15) is 0 Å². The van der Waals surface area contributed by atoms with Gasteiger partial charge < -0.3 is 19.1 Å². The molecule has 2 saturated heterocycles. The van der Waals surface area contributed by atoms with Crippen LogP contribution in [0.4, 0.5) is 5.69 Å². The van der Waals surface area contributed by atoms with Crippen molar-refractivity contribution >= 4 is 17.5 Å². The first-order chi connectivity index (χ1) is 14.0. The van der Waals surface area contributed by atoms with Gasteiger partial charge in [-0.15, -0.1) is 0 Å². The summed E-state index contributed by atoms with van der Waals surface area (Å²) in [7, 11) is 0. The number of piperidine rings is 1. The molecule has 0 saturated carbocycles. The molecule has 7 heteroatoms. The molecule has 0 N–H and O–H groups in total. The lowest BCUT2D eigenvalue weighted by Gasteiger charge is -2.47. The van der Waals surface area contributed by atoms with E-state index in [9.17, 15) is 9.59 Å². The van der Waals surface area contributed by atoms with Gasteiger partial charge in [0.05, 0.1) is 17.8 Å². The number of amides is 2. The standard InChI is InChI=1S/C22H27N3O4/c1-16-19(17(2)29-23-16)8-9-20(26)24-12-10-22(11-13-24)15-25(21(27)14-28-22)18-6-4-3-5-7-18/h3-7H,8-15H2,1-2H3. The van der Waals surface area contributed by atoms with E-state index in [1.807, 2.05) is 54.0 Å². The third kappa shape index (κ3) is 4.05. The minimum atomic E-state index is -0.373. The third-order valence-corrected chi connectivity index (χ3v) is 6.11. The number of anilines is 1. The van der Waals surface area contributed by atoms with Gasteiger partial charge in [-0.1, -0.05) is 23.4 Å². The van der Waals surface area contributed by atoms with E-state index in [1.165, 1.54) is 0 Å². The maximum atomic E-state index is 12.7. The first kappa shape index (κ1) is 19.6. The number of hydrogen-bond donors (Lipinski definition) is 0. The minimum Gasteiger partial charge on any atom is -0.363 e. The van der Waals surface area contributed by atoms with Gasteiger partial charge in [-0.25, -0.2) is 0 Å². The summed E-state index contributed by atoms with van der Waals surface area (Å²) in [6.07, 6.45) is 2.57. The molecule has 3 heterocycles. The van der Waals surface area contributed by atoms with E-state index in [0.717, 1.165) is 35.5 Å². The minimum absolute atomic E-state index is 0.0141. The molecule has 154 valence electrons. The number of carbonyl (C=O) groups excluding carboxylic acids is 2. The molecule has 1 spiro atoms. The lowest BCUT2D eigenvalue weighted by molar-refractivity contribution is -0.150. The number of benzene rings is 1. The van der Waals surface area contributed by atoms with Crippen molar-refractivity contribution in [2.45, 2.75) is 45.1 Å². The van der Waals surface area contributed by atoms with Crippen molar-refractivity contribution in [3.05, 3.63) is 47.3 Å². The number of morpholine rings is 1. The van der Waals surface area contributed by atoms with Gasteiger partial charge in [0.15, 0.2) is 0 Å². The molecule has 0 aliphatic carbocycles. The first-order valence-corrected chi connectivity index (χ1v) is 10.2. The van der Waals surface area contributed by atoms with Crippen LogP contribution in [0.1, 0.15) is 36.3 Å². The fourth-order valence-electron chi connectivity index (χ4n) is 4.27. The Hall–Kier alpha value is -2.67. The van der Waals surface area contributed by atoms with E-state index in [2.05, 4.69) is 5.16 Å². The Kier molecular flexibility index (Phi) is 5.41. The maximum absolute atomic E-state index is 12.7. The molecule has 7 nitrogen and oxygen atoms in total. The Morgan fingerprint density at radius 3 is 2.55 bits per heavy atom. The predicted octanol–water partition coefficient (Wildman–Crippen LogP) is 2.65. The highest BCUT2D eigenvalue weighted by Gasteiger charge is 2.43. The van der Waals surface area contributed by atoms with E-state index >= 15 is 0 Å². The van der Waals surface area contributed by atoms with Crippen molar-refractivity contribution in [1.82, 2.24) is 10.1 Å². The highest BCUT2D eigenvalue weighted by Crippen LogP contribution is 2.33. The summed E-state index contributed by atoms with van der Waals surface area (Å²) in [5, 5.41) is 3.95. The van der Waals surface area contributed by atoms with E-state index in [0.29, 0.717) is 32.5 Å². The van der Waals surface area contributed by atoms with Crippen molar-refractivity contribution < 1.29 is 18.8 Å². The number of ether oxygens (including phenoxy) is 1. The van der Waals surface area contributed by atoms with E-state index < -0.39 is 0 Å². The second kappa shape index (κ2) is 7.99. The lowest BCUT2D eigenvalue weighted by atomic mass is 9.88. The van der Waals surface area contributed by atoms with Gasteiger partial charge in [0.2, 0.25) is 5.91 Å². The zero-order chi connectivity index (χ0) is 20.4. The number of carbonyl (C=O) groups is 2. The molecule has 2 aromatic rings. The number of rotatable bonds is 4. The largest absolute Gasteiger partial charge is 0.363 e. The summed E-state index contributed by atoms with van der Waals surface area (Å²) in [6.45, 7) is 5.71. The smallest absolute Gasteiger partial charge is 0.253 e. The molecule has 0 bridgehead atoms. The summed E-state index contributed by atoms with van der Waals surface area (Å²) in [4.78, 5) is 28.8. The Balaban J connectivity index is 1.35. The molecule has 0 atom stereocenters. The summed E-state index contributed by atoms with van der Waals surface area (Å²) >= 11 is 0. The molecule has 2 amide bonds. The number of likely N-dealkylation sites (tertiary alicyclic amines) is 1. The topological polar surface area (TPSA) is 75.9 Å². The van der Waals surface area contributed by atoms with Crippen molar-refractivity contribution in [3.8, 4) is 0 Å². The van der Waals surface area contributed by atoms with Crippen LogP contribution in [0.15, 0.2) is 34.9 Å². The molecular weight excluding hydrogens is 370 g/mol. The van der Waals surface area contributed by atoms with E-state index in [-0.39, 0.29) is 24.0 Å². The third-order valence-electron chi connectivity index (χ3n) is 6.11. The van der Waals surface area contributed by atoms with Crippen LogP contribution >= 0.6 is 0 Å². The van der Waals surface area contributed by atoms with Crippen molar-refractivity contribution in [1.29, 1.82) is 0 Å². The van der Waals surface area contributed by atoms with Gasteiger partial charge in [0.1, 0.15) is 12.4 Å². The normalized spacial score (nSPS) is 19.0. The van der Waals surface area contributed by atoms with Crippen LogP contribution in [0.2, 0.25) is 0 Å². The molecule has 1 aromatic carbocycles. The van der Waals surface area contributed by atoms with Gasteiger partial charge in [-0.3, -0.25) is 9.59 Å². The SMILES string of the molecule is Cc1noc(C)c1CCC(=O)N1CCC2(CC1)CN(c1ccccc1)C(=O)CO2. The second-order valence-electron chi connectivity index (χ2n) is 7.97. The van der Waals surface area contributed by atoms with Crippen LogP contribution in [-0.4, -0.2) is 53.7 Å². The van der Waals surface area contributed by atoms with E-state index in [1.54, 1.807) is 0 Å². The summed E-state index contributed by atoms with van der Waals surface area (Å²) in [5.74, 6) is 0.917. The fourth-order valence-corrected chi connectivity index (χ4v) is 4.27. The Bertz CT molecular complexity index is 865. The van der Waals surface area contributed by atoms with Crippen LogP contribution in [0, 0.1) is 13.8 Å². The summed E-state index contributed by atoms with van der Waals surface area (Å²) < 4.78 is 11.2. The zero-order valence-corrected chi connectivity index (χ0v) is 17.0. The number of para-hydroxylation sites is 1. The Morgan fingerprint density at radius 1 is 1.17 bits per heavy atom. The number of aromatic nitrogens is 1. The average Bonchev–Trinajstić information content (AvgIpc) is 3.07. The number of nitrogens with zero attached hydrogens (tertiary/aromatic N) is 3. The van der Waals surface area contributed by atoms with Crippen molar-refractivity contribution in [2.75, 3.05) is 31.1 Å². The molecule has 2 fully saturated rings. The number of hydrogen-bond acceptors (Lipinski definition) is 5. The lowest BCUT2D eigenvalue weighted by Crippen LogP contribution is -2.59. The second-order valence-corrected chi connectivity index (χ2v) is 7.97. The van der Waals surface area contributed by atoms with Crippen LogP contribution in [0.25, 0.3) is 0 Å². The van der Waals surface area contributed by atoms with Crippen molar-refractivity contribution in [3.63, 3.8) is 0 Å². The average molecular weight is 397 g/mol. The molecule has 2 aliphatic heterocycles. The quantitative estimate of drug-likeness (QED) is 0.793. The van der Waals surface area contributed by atoms with Crippen LogP contribution in [0.3, 0.4) is 0 Å². The molecule has 1 aromatic heterocycles. The van der Waals surface area contributed by atoms with Gasteiger partial charge in [0, 0.05) is 30.8 Å². The summed E-state index contributed by atoms with van der Waals surface area (Å²) in [6, 6.07) is 9.71.